The van der Waals surface area contributed by atoms with E-state index in [1.165, 1.54) is 30.8 Å². The summed E-state index contributed by atoms with van der Waals surface area (Å²) < 4.78 is 38.3. The number of rotatable bonds is 4. The Morgan fingerprint density at radius 3 is 2.62 bits per heavy atom. The molecule has 0 unspecified atom stereocenters. The predicted octanol–water partition coefficient (Wildman–Crippen LogP) is 4.49. The van der Waals surface area contributed by atoms with E-state index in [1.807, 2.05) is 0 Å². The molecule has 1 aromatic carbocycles. The van der Waals surface area contributed by atoms with Crippen LogP contribution in [0.25, 0.3) is 0 Å². The van der Waals surface area contributed by atoms with Crippen LogP contribution in [0, 0.1) is 0 Å². The SMILES string of the molecule is O=C(Nc1cccc(C(F)(F)F)c1)c1ccnc(NC2CCCCC2)n1. The summed E-state index contributed by atoms with van der Waals surface area (Å²) in [6, 6.07) is 6.19. The predicted molar refractivity (Wildman–Crippen MR) is 91.9 cm³/mol. The fraction of sp³-hybridized carbons (Fsp3) is 0.389. The monoisotopic (exact) mass is 364 g/mol. The third kappa shape index (κ3) is 4.71. The van der Waals surface area contributed by atoms with Crippen molar-refractivity contribution in [3.63, 3.8) is 0 Å². The van der Waals surface area contributed by atoms with Gasteiger partial charge in [0, 0.05) is 17.9 Å². The molecule has 1 aliphatic carbocycles. The van der Waals surface area contributed by atoms with Crippen LogP contribution in [0.4, 0.5) is 24.8 Å². The minimum atomic E-state index is -4.47. The topological polar surface area (TPSA) is 66.9 Å². The Bertz CT molecular complexity index is 773. The number of carbonyl (C=O) groups excluding carboxylic acids is 1. The number of alkyl halides is 3. The molecule has 1 heterocycles. The molecule has 5 nitrogen and oxygen atoms in total. The van der Waals surface area contributed by atoms with Crippen molar-refractivity contribution in [1.29, 1.82) is 0 Å². The largest absolute Gasteiger partial charge is 0.416 e. The zero-order valence-electron chi connectivity index (χ0n) is 14.0. The Morgan fingerprint density at radius 1 is 1.12 bits per heavy atom. The Labute approximate surface area is 149 Å². The van der Waals surface area contributed by atoms with Crippen molar-refractivity contribution in [1.82, 2.24) is 9.97 Å². The molecule has 1 fully saturated rings. The van der Waals surface area contributed by atoms with E-state index >= 15 is 0 Å². The molecule has 2 N–H and O–H groups in total. The van der Waals surface area contributed by atoms with E-state index in [0.29, 0.717) is 5.95 Å². The lowest BCUT2D eigenvalue weighted by Gasteiger charge is -2.22. The fourth-order valence-electron chi connectivity index (χ4n) is 2.95. The number of hydrogen-bond donors (Lipinski definition) is 2. The average Bonchev–Trinajstić information content (AvgIpc) is 2.62. The van der Waals surface area contributed by atoms with Crippen LogP contribution in [0.3, 0.4) is 0 Å². The molecule has 26 heavy (non-hydrogen) atoms. The molecule has 0 spiro atoms. The van der Waals surface area contributed by atoms with Crippen molar-refractivity contribution in [3.8, 4) is 0 Å². The maximum Gasteiger partial charge on any atom is 0.416 e. The van der Waals surface area contributed by atoms with Gasteiger partial charge in [0.25, 0.3) is 5.91 Å². The second kappa shape index (κ2) is 7.72. The van der Waals surface area contributed by atoms with Gasteiger partial charge in [-0.2, -0.15) is 13.2 Å². The van der Waals surface area contributed by atoms with Crippen LogP contribution in [0.15, 0.2) is 36.5 Å². The van der Waals surface area contributed by atoms with E-state index in [1.54, 1.807) is 0 Å². The molecule has 1 saturated carbocycles. The molecule has 0 aliphatic heterocycles. The lowest BCUT2D eigenvalue weighted by molar-refractivity contribution is -0.137. The molecule has 0 bridgehead atoms. The summed E-state index contributed by atoms with van der Waals surface area (Å²) in [5, 5.41) is 5.66. The molecule has 1 aromatic heterocycles. The van der Waals surface area contributed by atoms with Gasteiger partial charge in [0.2, 0.25) is 5.95 Å². The number of anilines is 2. The van der Waals surface area contributed by atoms with E-state index < -0.39 is 17.6 Å². The first kappa shape index (κ1) is 18.2. The molecule has 1 aliphatic rings. The van der Waals surface area contributed by atoms with Gasteiger partial charge < -0.3 is 10.6 Å². The highest BCUT2D eigenvalue weighted by Gasteiger charge is 2.30. The number of halogens is 3. The van der Waals surface area contributed by atoms with Gasteiger partial charge >= 0.3 is 6.18 Å². The van der Waals surface area contributed by atoms with E-state index in [-0.39, 0.29) is 17.4 Å². The second-order valence-corrected chi connectivity index (χ2v) is 6.28. The quantitative estimate of drug-likeness (QED) is 0.839. The number of aromatic nitrogens is 2. The highest BCUT2D eigenvalue weighted by molar-refractivity contribution is 6.03. The van der Waals surface area contributed by atoms with E-state index in [9.17, 15) is 18.0 Å². The molecule has 0 radical (unpaired) electrons. The van der Waals surface area contributed by atoms with Gasteiger partial charge in [-0.1, -0.05) is 25.3 Å². The van der Waals surface area contributed by atoms with Crippen LogP contribution < -0.4 is 10.6 Å². The molecule has 8 heteroatoms. The second-order valence-electron chi connectivity index (χ2n) is 6.28. The first-order chi connectivity index (χ1) is 12.4. The van der Waals surface area contributed by atoms with Gasteiger partial charge in [-0.05, 0) is 37.1 Å². The van der Waals surface area contributed by atoms with Gasteiger partial charge in [0.05, 0.1) is 5.56 Å². The van der Waals surface area contributed by atoms with Crippen molar-refractivity contribution in [2.75, 3.05) is 10.6 Å². The number of benzene rings is 1. The third-order valence-electron chi connectivity index (χ3n) is 4.27. The Hall–Kier alpha value is -2.64. The van der Waals surface area contributed by atoms with Crippen LogP contribution in [0.2, 0.25) is 0 Å². The van der Waals surface area contributed by atoms with Gasteiger partial charge in [0.1, 0.15) is 5.69 Å². The third-order valence-corrected chi connectivity index (χ3v) is 4.27. The Kier molecular flexibility index (Phi) is 5.39. The highest BCUT2D eigenvalue weighted by Crippen LogP contribution is 2.30. The standard InChI is InChI=1S/C18H19F3N4O/c19-18(20,21)12-5-4-8-14(11-12)23-16(26)15-9-10-22-17(25-15)24-13-6-2-1-3-7-13/h4-5,8-11,13H,1-3,6-7H2,(H,23,26)(H,22,24,25). The summed E-state index contributed by atoms with van der Waals surface area (Å²) in [5.41, 5.74) is -0.668. The molecule has 0 saturated heterocycles. The molecule has 138 valence electrons. The van der Waals surface area contributed by atoms with Gasteiger partial charge in [0.15, 0.2) is 0 Å². The zero-order valence-corrected chi connectivity index (χ0v) is 14.0. The lowest BCUT2D eigenvalue weighted by atomic mass is 9.96. The van der Waals surface area contributed by atoms with E-state index in [2.05, 4.69) is 20.6 Å². The van der Waals surface area contributed by atoms with Crippen molar-refractivity contribution in [2.45, 2.75) is 44.3 Å². The zero-order chi connectivity index (χ0) is 18.6. The van der Waals surface area contributed by atoms with E-state index in [0.717, 1.165) is 37.8 Å². The average molecular weight is 364 g/mol. The first-order valence-electron chi connectivity index (χ1n) is 8.50. The molecule has 0 atom stereocenters. The summed E-state index contributed by atoms with van der Waals surface area (Å²) in [6.45, 7) is 0. The molecule has 2 aromatic rings. The fourth-order valence-corrected chi connectivity index (χ4v) is 2.95. The van der Waals surface area contributed by atoms with Gasteiger partial charge in [-0.3, -0.25) is 4.79 Å². The van der Waals surface area contributed by atoms with Crippen LogP contribution >= 0.6 is 0 Å². The molecular formula is C18H19F3N4O. The number of nitrogens with zero attached hydrogens (tertiary/aromatic N) is 2. The molecule has 1 amide bonds. The summed E-state index contributed by atoms with van der Waals surface area (Å²) in [5.74, 6) is -0.230. The van der Waals surface area contributed by atoms with Crippen LogP contribution in [-0.2, 0) is 6.18 Å². The number of nitrogens with one attached hydrogen (secondary N) is 2. The molecule has 3 rings (SSSR count). The minimum Gasteiger partial charge on any atom is -0.351 e. The maximum atomic E-state index is 12.8. The van der Waals surface area contributed by atoms with Crippen molar-refractivity contribution < 1.29 is 18.0 Å². The van der Waals surface area contributed by atoms with Gasteiger partial charge in [-0.25, -0.2) is 9.97 Å². The summed E-state index contributed by atoms with van der Waals surface area (Å²) in [6.07, 6.45) is 2.57. The minimum absolute atomic E-state index is 0.0604. The number of hydrogen-bond acceptors (Lipinski definition) is 4. The first-order valence-corrected chi connectivity index (χ1v) is 8.50. The summed E-state index contributed by atoms with van der Waals surface area (Å²) in [4.78, 5) is 20.6. The summed E-state index contributed by atoms with van der Waals surface area (Å²) >= 11 is 0. The van der Waals surface area contributed by atoms with Crippen molar-refractivity contribution in [3.05, 3.63) is 47.8 Å². The van der Waals surface area contributed by atoms with Crippen LogP contribution in [-0.4, -0.2) is 21.9 Å². The number of amides is 1. The highest BCUT2D eigenvalue weighted by atomic mass is 19.4. The Balaban J connectivity index is 1.69. The molecular weight excluding hydrogens is 345 g/mol. The maximum absolute atomic E-state index is 12.8. The number of carbonyl (C=O) groups is 1. The van der Waals surface area contributed by atoms with Crippen LogP contribution in [0.5, 0.6) is 0 Å². The van der Waals surface area contributed by atoms with E-state index in [4.69, 9.17) is 0 Å². The van der Waals surface area contributed by atoms with Crippen LogP contribution in [0.1, 0.15) is 48.2 Å². The smallest absolute Gasteiger partial charge is 0.351 e. The Morgan fingerprint density at radius 2 is 1.88 bits per heavy atom. The lowest BCUT2D eigenvalue weighted by Crippen LogP contribution is -2.24. The van der Waals surface area contributed by atoms with Gasteiger partial charge in [-0.15, -0.1) is 0 Å². The normalized spacial score (nSPS) is 15.5. The van der Waals surface area contributed by atoms with Crippen molar-refractivity contribution in [2.24, 2.45) is 0 Å². The van der Waals surface area contributed by atoms with Crippen molar-refractivity contribution >= 4 is 17.5 Å². The summed E-state index contributed by atoms with van der Waals surface area (Å²) in [7, 11) is 0.